The van der Waals surface area contributed by atoms with E-state index in [-0.39, 0.29) is 17.5 Å². The molecule has 0 fully saturated rings. The average molecular weight is 231 g/mol. The summed E-state index contributed by atoms with van der Waals surface area (Å²) < 4.78 is 17.9. The molecular weight excluding hydrogens is 221 g/mol. The number of hydrogen-bond donors (Lipinski definition) is 0. The maximum Gasteiger partial charge on any atom is 0.317 e. The van der Waals surface area contributed by atoms with E-state index in [4.69, 9.17) is 5.26 Å². The molecule has 17 heavy (non-hydrogen) atoms. The summed E-state index contributed by atoms with van der Waals surface area (Å²) in [7, 11) is 0. The Hall–Kier alpha value is -2.33. The predicted molar refractivity (Wildman–Crippen MR) is 59.2 cm³/mol. The lowest BCUT2D eigenvalue weighted by Crippen LogP contribution is -2.01. The Morgan fingerprint density at radius 3 is 2.94 bits per heavy atom. The van der Waals surface area contributed by atoms with Crippen LogP contribution >= 0.6 is 0 Å². The fraction of sp³-hybridized carbons (Fsp3) is 0.231. The first-order chi connectivity index (χ1) is 8.19. The monoisotopic (exact) mass is 231 g/mol. The molecule has 1 aromatic carbocycles. The maximum absolute atomic E-state index is 13.2. The molecule has 0 aliphatic rings. The molecule has 0 bridgehead atoms. The van der Waals surface area contributed by atoms with Crippen molar-refractivity contribution in [2.45, 2.75) is 13.3 Å². The topological polar surface area (TPSA) is 50.1 Å². The summed E-state index contributed by atoms with van der Waals surface area (Å²) in [6.07, 6.45) is -0.0742. The summed E-state index contributed by atoms with van der Waals surface area (Å²) in [5.74, 6) is 4.08. The first-order valence-corrected chi connectivity index (χ1v) is 5.02. The second-order valence-electron chi connectivity index (χ2n) is 3.06. The van der Waals surface area contributed by atoms with Crippen molar-refractivity contribution >= 4 is 5.97 Å². The van der Waals surface area contributed by atoms with Gasteiger partial charge in [-0.25, -0.2) is 4.39 Å². The van der Waals surface area contributed by atoms with Crippen LogP contribution in [-0.4, -0.2) is 12.6 Å². The Balaban J connectivity index is 2.83. The van der Waals surface area contributed by atoms with Crippen LogP contribution in [0, 0.1) is 29.0 Å². The molecule has 0 aliphatic heterocycles. The van der Waals surface area contributed by atoms with Crippen molar-refractivity contribution in [1.29, 1.82) is 5.26 Å². The first-order valence-electron chi connectivity index (χ1n) is 5.02. The van der Waals surface area contributed by atoms with Crippen molar-refractivity contribution < 1.29 is 13.9 Å². The van der Waals surface area contributed by atoms with E-state index in [1.807, 2.05) is 0 Å². The van der Waals surface area contributed by atoms with Crippen molar-refractivity contribution in [3.05, 3.63) is 35.1 Å². The number of benzene rings is 1. The summed E-state index contributed by atoms with van der Waals surface area (Å²) in [5, 5.41) is 8.74. The second-order valence-corrected chi connectivity index (χ2v) is 3.06. The third kappa shape index (κ3) is 3.62. The van der Waals surface area contributed by atoms with Gasteiger partial charge in [-0.3, -0.25) is 4.79 Å². The lowest BCUT2D eigenvalue weighted by molar-refractivity contribution is -0.141. The van der Waals surface area contributed by atoms with Crippen LogP contribution in [0.5, 0.6) is 0 Å². The van der Waals surface area contributed by atoms with Crippen LogP contribution in [0.25, 0.3) is 0 Å². The quantitative estimate of drug-likeness (QED) is 0.577. The highest BCUT2D eigenvalue weighted by atomic mass is 19.1. The van der Waals surface area contributed by atoms with Crippen LogP contribution < -0.4 is 0 Å². The number of esters is 1. The smallest absolute Gasteiger partial charge is 0.317 e. The Labute approximate surface area is 98.8 Å². The van der Waals surface area contributed by atoms with Gasteiger partial charge in [-0.15, -0.1) is 0 Å². The summed E-state index contributed by atoms with van der Waals surface area (Å²) in [4.78, 5) is 11.0. The molecule has 0 aromatic heterocycles. The molecule has 1 rings (SSSR count). The molecule has 0 saturated heterocycles. The third-order valence-corrected chi connectivity index (χ3v) is 1.89. The molecule has 0 saturated carbocycles. The van der Waals surface area contributed by atoms with E-state index in [1.165, 1.54) is 18.2 Å². The van der Waals surface area contributed by atoms with Gasteiger partial charge in [0.2, 0.25) is 0 Å². The minimum atomic E-state index is -0.615. The highest BCUT2D eigenvalue weighted by molar-refractivity contribution is 5.72. The number of carbonyl (C=O) groups is 1. The molecule has 0 amide bonds. The standard InChI is InChI=1S/C13H10FNO2/c1-2-17-13(16)8-4-6-10-5-3-7-12(14)11(10)9-15/h3,5,7H,2,8H2,1H3. The third-order valence-electron chi connectivity index (χ3n) is 1.89. The number of hydrogen-bond acceptors (Lipinski definition) is 3. The van der Waals surface area contributed by atoms with E-state index in [0.29, 0.717) is 6.61 Å². The summed E-state index contributed by atoms with van der Waals surface area (Å²) in [6, 6.07) is 5.91. The van der Waals surface area contributed by atoms with Crippen molar-refractivity contribution in [3.8, 4) is 17.9 Å². The zero-order chi connectivity index (χ0) is 12.7. The van der Waals surface area contributed by atoms with Gasteiger partial charge in [-0.05, 0) is 19.1 Å². The molecule has 0 N–H and O–H groups in total. The molecular formula is C13H10FNO2. The minimum absolute atomic E-state index is 0.0742. The Morgan fingerprint density at radius 1 is 1.53 bits per heavy atom. The molecule has 1 aromatic rings. The zero-order valence-corrected chi connectivity index (χ0v) is 9.29. The Morgan fingerprint density at radius 2 is 2.29 bits per heavy atom. The van der Waals surface area contributed by atoms with E-state index < -0.39 is 11.8 Å². The summed E-state index contributed by atoms with van der Waals surface area (Å²) in [5.41, 5.74) is 0.167. The van der Waals surface area contributed by atoms with E-state index in [9.17, 15) is 9.18 Å². The molecule has 0 unspecified atom stereocenters. The lowest BCUT2D eigenvalue weighted by Gasteiger charge is -1.96. The van der Waals surface area contributed by atoms with Gasteiger partial charge in [0.25, 0.3) is 0 Å². The van der Waals surface area contributed by atoms with E-state index >= 15 is 0 Å². The van der Waals surface area contributed by atoms with Crippen LogP contribution in [0.2, 0.25) is 0 Å². The van der Waals surface area contributed by atoms with E-state index in [1.54, 1.807) is 13.0 Å². The highest BCUT2D eigenvalue weighted by Crippen LogP contribution is 2.10. The summed E-state index contributed by atoms with van der Waals surface area (Å²) >= 11 is 0. The van der Waals surface area contributed by atoms with Crippen LogP contribution in [0.4, 0.5) is 4.39 Å². The first kappa shape index (κ1) is 12.7. The minimum Gasteiger partial charge on any atom is -0.465 e. The van der Waals surface area contributed by atoms with Gasteiger partial charge in [-0.2, -0.15) is 5.26 Å². The van der Waals surface area contributed by atoms with Crippen LogP contribution in [0.1, 0.15) is 24.5 Å². The zero-order valence-electron chi connectivity index (χ0n) is 9.29. The van der Waals surface area contributed by atoms with E-state index in [0.717, 1.165) is 0 Å². The largest absolute Gasteiger partial charge is 0.465 e. The van der Waals surface area contributed by atoms with Gasteiger partial charge in [0, 0.05) is 5.56 Å². The number of carbonyl (C=O) groups excluding carboxylic acids is 1. The van der Waals surface area contributed by atoms with Crippen molar-refractivity contribution in [2.24, 2.45) is 0 Å². The fourth-order valence-corrected chi connectivity index (χ4v) is 1.17. The van der Waals surface area contributed by atoms with Crippen LogP contribution in [-0.2, 0) is 9.53 Å². The van der Waals surface area contributed by atoms with Gasteiger partial charge in [0.1, 0.15) is 23.9 Å². The predicted octanol–water partition coefficient (Wildman–Crippen LogP) is 2.00. The molecule has 0 radical (unpaired) electrons. The van der Waals surface area contributed by atoms with Gasteiger partial charge in [-0.1, -0.05) is 17.9 Å². The highest BCUT2D eigenvalue weighted by Gasteiger charge is 2.05. The van der Waals surface area contributed by atoms with E-state index in [2.05, 4.69) is 16.6 Å². The lowest BCUT2D eigenvalue weighted by atomic mass is 10.1. The normalized spacial score (nSPS) is 8.76. The summed E-state index contributed by atoms with van der Waals surface area (Å²) in [6.45, 7) is 2.00. The molecule has 0 atom stereocenters. The van der Waals surface area contributed by atoms with Crippen molar-refractivity contribution in [1.82, 2.24) is 0 Å². The molecule has 3 nitrogen and oxygen atoms in total. The average Bonchev–Trinajstić information content (AvgIpc) is 2.29. The van der Waals surface area contributed by atoms with Gasteiger partial charge < -0.3 is 4.74 Å². The molecule has 4 heteroatoms. The fourth-order valence-electron chi connectivity index (χ4n) is 1.17. The molecule has 86 valence electrons. The van der Waals surface area contributed by atoms with Crippen LogP contribution in [0.15, 0.2) is 18.2 Å². The van der Waals surface area contributed by atoms with Gasteiger partial charge in [0.05, 0.1) is 6.61 Å². The number of ether oxygens (including phenoxy) is 1. The number of nitrogens with zero attached hydrogens (tertiary/aromatic N) is 1. The van der Waals surface area contributed by atoms with Crippen molar-refractivity contribution in [2.75, 3.05) is 6.61 Å². The second kappa shape index (κ2) is 6.30. The molecule has 0 aliphatic carbocycles. The van der Waals surface area contributed by atoms with Crippen molar-refractivity contribution in [3.63, 3.8) is 0 Å². The Bertz CT molecular complexity index is 520. The SMILES string of the molecule is CCOC(=O)CC#Cc1cccc(F)c1C#N. The van der Waals surface area contributed by atoms with Gasteiger partial charge in [0.15, 0.2) is 0 Å². The molecule has 0 spiro atoms. The number of halogens is 1. The Kier molecular flexibility index (Phi) is 4.72. The van der Waals surface area contributed by atoms with Gasteiger partial charge >= 0.3 is 5.97 Å². The number of nitriles is 1. The maximum atomic E-state index is 13.2. The molecule has 0 heterocycles. The number of rotatable bonds is 2. The van der Waals surface area contributed by atoms with Crippen LogP contribution in [0.3, 0.4) is 0 Å².